The molecule has 0 aromatic rings. The Balaban J connectivity index is 0.926. The van der Waals surface area contributed by atoms with E-state index in [2.05, 4.69) is 24.1 Å². The Kier molecular flexibility index (Phi) is 21.6. The number of hydrogen-bond donors (Lipinski definition) is 12. The predicted octanol–water partition coefficient (Wildman–Crippen LogP) is -2.01. The van der Waals surface area contributed by atoms with Crippen molar-refractivity contribution in [3.63, 3.8) is 0 Å². The van der Waals surface area contributed by atoms with Crippen LogP contribution in [-0.4, -0.2) is 275 Å². The number of aliphatic hydroxyl groups excluding tert-OH is 10. The molecule has 6 aliphatic heterocycles. The van der Waals surface area contributed by atoms with Gasteiger partial charge in [-0.25, -0.2) is 8.37 Å². The van der Waals surface area contributed by atoms with Gasteiger partial charge in [0.05, 0.1) is 44.1 Å². The number of allylic oxidation sites excluding steroid dienone is 2. The molecule has 34 heteroatoms. The van der Waals surface area contributed by atoms with Crippen LogP contribution in [0, 0.1) is 45.3 Å². The lowest BCUT2D eigenvalue weighted by Gasteiger charge is -2.64. The van der Waals surface area contributed by atoms with E-state index >= 15 is 0 Å². The standard InChI is InChI=1S/C59H94O32S2/c1-24(2)18-26(61)19-58(8)34-13-16-57(7)28-10-11-33-55(4,5)35(14-15-56(33,6)27(28)12-17-59(34,57)54(71)90-58)85-52-47(38(65)32(22-80-52)91-93(75,76)77)89-53-48(88-50-40(67)39(66)36(63)30(20-60)83-50)41(68)44(25(3)82-53)86-51-43(70)46(37(64)31(84-51)23-81-92(72,73)74)87-49-42(69)45(78-9)29(62)21-79-49/h10,24-25,27,29-53,60,62-70H,11-23H2,1-9H3,(H,72,73,74)(H,75,76,77)/t25-,27-,29-,30-,31-,32-,33+,34-,35+,36-,37-,38+,39+,40-,41+,42-,43-,44-,45+,46+,47-,48-,49+,50+,51+,52+,53+,56-,57+,58+,59-/m1/s1. The minimum Gasteiger partial charge on any atom is -0.458 e. The molecule has 32 nitrogen and oxygen atoms in total. The lowest BCUT2D eigenvalue weighted by atomic mass is 9.41. The van der Waals surface area contributed by atoms with Crippen molar-refractivity contribution in [3.05, 3.63) is 11.6 Å². The number of rotatable bonds is 21. The number of esters is 1. The molecule has 0 amide bonds. The zero-order chi connectivity index (χ0) is 68.2. The van der Waals surface area contributed by atoms with Gasteiger partial charge >= 0.3 is 26.8 Å². The van der Waals surface area contributed by atoms with Crippen LogP contribution >= 0.6 is 0 Å². The Bertz CT molecular complexity index is 2920. The highest BCUT2D eigenvalue weighted by Crippen LogP contribution is 2.76. The van der Waals surface area contributed by atoms with Crippen LogP contribution in [0.3, 0.4) is 0 Å². The van der Waals surface area contributed by atoms with Gasteiger partial charge in [-0.3, -0.25) is 18.7 Å². The van der Waals surface area contributed by atoms with E-state index in [0.717, 1.165) is 20.0 Å². The third kappa shape index (κ3) is 13.7. The largest absolute Gasteiger partial charge is 0.458 e. The van der Waals surface area contributed by atoms with Gasteiger partial charge in [-0.15, -0.1) is 0 Å². The molecule has 0 radical (unpaired) electrons. The minimum atomic E-state index is -5.32. The summed E-state index contributed by atoms with van der Waals surface area (Å²) in [4.78, 5) is 27.9. The number of Topliss-reactive ketones (excluding diaryl/α,β-unsaturated/α-hetero) is 1. The van der Waals surface area contributed by atoms with Crippen molar-refractivity contribution in [2.75, 3.05) is 33.5 Å². The first kappa shape index (κ1) is 73.5. The van der Waals surface area contributed by atoms with E-state index in [4.69, 9.17) is 61.0 Å². The van der Waals surface area contributed by atoms with Crippen molar-refractivity contribution in [3.8, 4) is 0 Å². The Morgan fingerprint density at radius 1 is 0.645 bits per heavy atom. The normalized spacial score (nSPS) is 49.2. The van der Waals surface area contributed by atoms with Crippen LogP contribution in [0.1, 0.15) is 113 Å². The molecule has 0 aromatic carbocycles. The van der Waals surface area contributed by atoms with Gasteiger partial charge < -0.3 is 108 Å². The summed E-state index contributed by atoms with van der Waals surface area (Å²) in [5, 5.41) is 112. The number of cyclic esters (lactones) is 1. The van der Waals surface area contributed by atoms with Gasteiger partial charge in [0, 0.05) is 31.3 Å². The van der Waals surface area contributed by atoms with Crippen molar-refractivity contribution in [1.29, 1.82) is 0 Å². The molecule has 0 aromatic heterocycles. The highest BCUT2D eigenvalue weighted by Gasteiger charge is 2.76. The number of carbonyl (C=O) groups is 2. The number of fused-ring (bicyclic) bond motifs is 4. The number of ketones is 1. The van der Waals surface area contributed by atoms with Crippen molar-refractivity contribution in [1.82, 2.24) is 0 Å². The van der Waals surface area contributed by atoms with E-state index < -0.39 is 216 Å². The van der Waals surface area contributed by atoms with Crippen LogP contribution in [-0.2, 0) is 95.6 Å². The number of aliphatic hydroxyl groups is 10. The Morgan fingerprint density at radius 3 is 1.92 bits per heavy atom. The van der Waals surface area contributed by atoms with Crippen molar-refractivity contribution >= 4 is 32.6 Å². The van der Waals surface area contributed by atoms with Gasteiger partial charge in [-0.05, 0) is 87.4 Å². The SMILES string of the molecule is CO[C@@H]1[C@@H](O)[C@H](O[C@@H]2[C@@H](O)[C@H](O[C@H]3[C@H](O)[C@@H](O[C@@H]4O[C@H](CO)[C@@H](O)[C@H](O)[C@H]4O)[C@H](O[C@H]4[C@H](O[C@H]5CC[C@]6(C)[C@@H]7CC[C@]89C(=O)O[C@@](C)(CC(=O)CC(C)C)[C@H]8CC[C@@]9(C)C7=CC[C@H]6C5(C)C)OC[C@@H](OS(=O)(=O)O)[C@@H]4O)O[C@@H]3C)O[C@H](COS(=O)(=O)O)[C@H]2O)OC[C@H]1O. The average Bonchev–Trinajstić information content (AvgIpc) is 1.54. The second-order valence-corrected chi connectivity index (χ2v) is 30.8. The van der Waals surface area contributed by atoms with E-state index in [0.29, 0.717) is 38.5 Å². The fourth-order valence-corrected chi connectivity index (χ4v) is 18.5. The molecule has 12 N–H and O–H groups in total. The van der Waals surface area contributed by atoms with Crippen molar-refractivity contribution in [2.45, 2.75) is 266 Å². The maximum Gasteiger partial charge on any atom is 0.397 e. The molecule has 9 fully saturated rings. The molecule has 0 unspecified atom stereocenters. The second kappa shape index (κ2) is 27.4. The van der Waals surface area contributed by atoms with Crippen LogP contribution in [0.2, 0.25) is 0 Å². The molecule has 4 aliphatic carbocycles. The molecule has 3 saturated carbocycles. The minimum absolute atomic E-state index is 0.0422. The summed E-state index contributed by atoms with van der Waals surface area (Å²) in [7, 11) is -9.39. The van der Waals surface area contributed by atoms with E-state index in [1.807, 2.05) is 34.6 Å². The molecule has 10 aliphatic rings. The maximum absolute atomic E-state index is 14.5. The van der Waals surface area contributed by atoms with E-state index in [-0.39, 0.29) is 47.3 Å². The van der Waals surface area contributed by atoms with E-state index in [1.54, 1.807) is 0 Å². The first-order valence-corrected chi connectivity index (χ1v) is 34.5. The molecule has 534 valence electrons. The van der Waals surface area contributed by atoms with Gasteiger partial charge in [-0.1, -0.05) is 53.2 Å². The molecule has 6 saturated heterocycles. The van der Waals surface area contributed by atoms with E-state index in [9.17, 15) is 86.6 Å². The van der Waals surface area contributed by atoms with Gasteiger partial charge in [0.2, 0.25) is 0 Å². The summed E-state index contributed by atoms with van der Waals surface area (Å²) in [5.74, 6) is -0.212. The van der Waals surface area contributed by atoms with Crippen LogP contribution in [0.4, 0.5) is 0 Å². The first-order valence-electron chi connectivity index (χ1n) is 31.8. The summed E-state index contributed by atoms with van der Waals surface area (Å²) >= 11 is 0. The smallest absolute Gasteiger partial charge is 0.397 e. The molecule has 0 bridgehead atoms. The van der Waals surface area contributed by atoms with Crippen LogP contribution in [0.15, 0.2) is 11.6 Å². The van der Waals surface area contributed by atoms with Crippen molar-refractivity contribution < 1.29 is 152 Å². The molecule has 93 heavy (non-hydrogen) atoms. The fraction of sp³-hybridized carbons (Fsp3) is 0.932. The Labute approximate surface area is 539 Å². The lowest BCUT2D eigenvalue weighted by molar-refractivity contribution is -0.405. The summed E-state index contributed by atoms with van der Waals surface area (Å²) in [6.45, 7) is 12.4. The molecule has 1 spiro atoms. The van der Waals surface area contributed by atoms with Gasteiger partial charge in [0.15, 0.2) is 31.5 Å². The number of hydrogen-bond acceptors (Lipinski definition) is 30. The summed E-state index contributed by atoms with van der Waals surface area (Å²) in [5.41, 5.74) is -2.14. The Hall–Kier alpha value is -2.22. The van der Waals surface area contributed by atoms with Gasteiger partial charge in [-0.2, -0.15) is 16.8 Å². The number of carbonyl (C=O) groups excluding carboxylic acids is 2. The third-order valence-corrected chi connectivity index (χ3v) is 23.2. The number of ether oxygens (including phenoxy) is 12. The highest BCUT2D eigenvalue weighted by atomic mass is 32.3. The van der Waals surface area contributed by atoms with Gasteiger partial charge in [0.25, 0.3) is 0 Å². The predicted molar refractivity (Wildman–Crippen MR) is 308 cm³/mol. The quantitative estimate of drug-likeness (QED) is 0.0336. The molecular formula is C59H94O32S2. The highest BCUT2D eigenvalue weighted by molar-refractivity contribution is 7.81. The molecule has 6 heterocycles. The zero-order valence-electron chi connectivity index (χ0n) is 53.3. The first-order chi connectivity index (χ1) is 43.3. The average molecular weight is 1380 g/mol. The van der Waals surface area contributed by atoms with E-state index in [1.165, 1.54) is 12.5 Å². The lowest BCUT2D eigenvalue weighted by Crippen LogP contribution is -2.68. The van der Waals surface area contributed by atoms with Crippen molar-refractivity contribution in [2.24, 2.45) is 45.3 Å². The zero-order valence-corrected chi connectivity index (χ0v) is 54.9. The summed E-state index contributed by atoms with van der Waals surface area (Å²) < 4.78 is 149. The van der Waals surface area contributed by atoms with Crippen LogP contribution < -0.4 is 0 Å². The Morgan fingerprint density at radius 2 is 1.27 bits per heavy atom. The third-order valence-electron chi connectivity index (χ3n) is 22.2. The van der Waals surface area contributed by atoms with Crippen LogP contribution in [0.5, 0.6) is 0 Å². The molecular weight excluding hydrogens is 1280 g/mol. The maximum atomic E-state index is 14.5. The summed E-state index contributed by atoms with van der Waals surface area (Å²) in [6, 6.07) is 0. The molecule has 10 rings (SSSR count). The summed E-state index contributed by atoms with van der Waals surface area (Å²) in [6.07, 6.45) is -37.2. The second-order valence-electron chi connectivity index (χ2n) is 28.7. The number of methoxy groups -OCH3 is 1. The monoisotopic (exact) mass is 1380 g/mol. The topological polar surface area (TPSA) is 474 Å². The van der Waals surface area contributed by atoms with Gasteiger partial charge in [0.1, 0.15) is 115 Å². The molecule has 31 atom stereocenters. The van der Waals surface area contributed by atoms with Crippen LogP contribution in [0.25, 0.3) is 0 Å². The fourth-order valence-electron chi connectivity index (χ4n) is 17.7.